The van der Waals surface area contributed by atoms with Gasteiger partial charge in [-0.1, -0.05) is 30.3 Å². The Balaban J connectivity index is 1.28. The third-order valence-corrected chi connectivity index (χ3v) is 5.97. The Morgan fingerprint density at radius 2 is 1.94 bits per heavy atom. The lowest BCUT2D eigenvalue weighted by atomic mass is 9.92. The van der Waals surface area contributed by atoms with Crippen molar-refractivity contribution < 1.29 is 4.74 Å². The summed E-state index contributed by atoms with van der Waals surface area (Å²) in [6, 6.07) is 13.0. The highest BCUT2D eigenvalue weighted by molar-refractivity contribution is 5.92. The molecule has 4 heterocycles. The third-order valence-electron chi connectivity index (χ3n) is 5.97. The first-order valence-electron chi connectivity index (χ1n) is 10.9. The quantitative estimate of drug-likeness (QED) is 0.665. The number of nitrogens with one attached hydrogen (secondary N) is 1. The first kappa shape index (κ1) is 19.7. The number of nitrogens with zero attached hydrogens (tertiary/aromatic N) is 4. The highest BCUT2D eigenvalue weighted by atomic mass is 16.5. The van der Waals surface area contributed by atoms with Crippen LogP contribution in [0.5, 0.6) is 0 Å². The van der Waals surface area contributed by atoms with Crippen LogP contribution in [0.3, 0.4) is 0 Å². The molecule has 0 amide bonds. The van der Waals surface area contributed by atoms with Gasteiger partial charge in [0.25, 0.3) is 0 Å². The maximum atomic E-state index is 5.45. The average Bonchev–Trinajstić information content (AvgIpc) is 2.83. The number of aliphatic imine (C=N–C) groups is 1. The predicted molar refractivity (Wildman–Crippen MR) is 126 cm³/mol. The summed E-state index contributed by atoms with van der Waals surface area (Å²) in [4.78, 5) is 15.9. The number of pyridine rings is 2. The molecule has 2 aromatic heterocycles. The molecule has 0 saturated carbocycles. The van der Waals surface area contributed by atoms with Crippen LogP contribution in [0.15, 0.2) is 66.1 Å². The van der Waals surface area contributed by atoms with Gasteiger partial charge in [0.15, 0.2) is 0 Å². The topological polar surface area (TPSA) is 62.6 Å². The smallest absolute Gasteiger partial charge is 0.135 e. The monoisotopic (exact) mass is 413 g/mol. The van der Waals surface area contributed by atoms with E-state index in [1.165, 1.54) is 16.8 Å². The maximum absolute atomic E-state index is 5.45. The van der Waals surface area contributed by atoms with Crippen LogP contribution in [0.2, 0.25) is 0 Å². The summed E-state index contributed by atoms with van der Waals surface area (Å²) < 4.78 is 5.45. The van der Waals surface area contributed by atoms with E-state index in [1.807, 2.05) is 24.7 Å². The molecule has 6 heteroatoms. The molecule has 3 aromatic rings. The van der Waals surface area contributed by atoms with Crippen LogP contribution in [-0.4, -0.2) is 42.0 Å². The number of anilines is 2. The normalized spacial score (nSPS) is 18.8. The molecule has 0 bridgehead atoms. The highest BCUT2D eigenvalue weighted by Gasteiger charge is 2.14. The second-order valence-electron chi connectivity index (χ2n) is 8.13. The zero-order valence-corrected chi connectivity index (χ0v) is 17.8. The van der Waals surface area contributed by atoms with Gasteiger partial charge in [0.2, 0.25) is 0 Å². The van der Waals surface area contributed by atoms with Crippen molar-refractivity contribution >= 4 is 28.1 Å². The molecule has 1 saturated heterocycles. The molecule has 0 radical (unpaired) electrons. The van der Waals surface area contributed by atoms with E-state index < -0.39 is 0 Å². The maximum Gasteiger partial charge on any atom is 0.135 e. The molecule has 6 nitrogen and oxygen atoms in total. The summed E-state index contributed by atoms with van der Waals surface area (Å²) in [5.74, 6) is 2.29. The van der Waals surface area contributed by atoms with Crippen LogP contribution in [0.25, 0.3) is 10.8 Å². The number of benzene rings is 1. The Bertz CT molecular complexity index is 1120. The number of hydrogen-bond acceptors (Lipinski definition) is 6. The highest BCUT2D eigenvalue weighted by Crippen LogP contribution is 2.27. The van der Waals surface area contributed by atoms with E-state index in [0.717, 1.165) is 61.7 Å². The molecule has 31 heavy (non-hydrogen) atoms. The van der Waals surface area contributed by atoms with Crippen LogP contribution in [0.1, 0.15) is 30.4 Å². The van der Waals surface area contributed by atoms with E-state index >= 15 is 0 Å². The van der Waals surface area contributed by atoms with E-state index in [2.05, 4.69) is 68.5 Å². The number of allylic oxidation sites excluding steroid dienone is 1. The van der Waals surface area contributed by atoms with E-state index in [1.54, 1.807) is 0 Å². The summed E-state index contributed by atoms with van der Waals surface area (Å²) in [6.45, 7) is 6.09. The summed E-state index contributed by atoms with van der Waals surface area (Å²) in [6.07, 6.45) is 8.88. The van der Waals surface area contributed by atoms with Gasteiger partial charge in [-0.3, -0.25) is 4.99 Å². The minimum Gasteiger partial charge on any atom is -0.378 e. The second-order valence-corrected chi connectivity index (χ2v) is 8.13. The van der Waals surface area contributed by atoms with Crippen LogP contribution < -0.4 is 10.2 Å². The molecule has 2 aliphatic rings. The zero-order valence-electron chi connectivity index (χ0n) is 17.8. The minimum atomic E-state index is 0.422. The summed E-state index contributed by atoms with van der Waals surface area (Å²) in [7, 11) is 0. The van der Waals surface area contributed by atoms with Gasteiger partial charge in [0.05, 0.1) is 13.2 Å². The number of ether oxygens (including phenoxy) is 1. The summed E-state index contributed by atoms with van der Waals surface area (Å²) >= 11 is 0. The van der Waals surface area contributed by atoms with Gasteiger partial charge in [-0.2, -0.15) is 0 Å². The van der Waals surface area contributed by atoms with Crippen molar-refractivity contribution in [3.63, 3.8) is 0 Å². The van der Waals surface area contributed by atoms with E-state index in [-0.39, 0.29) is 0 Å². The first-order chi connectivity index (χ1) is 15.3. The molecule has 5 rings (SSSR count). The summed E-state index contributed by atoms with van der Waals surface area (Å²) in [5.41, 5.74) is 3.74. The molecule has 2 aliphatic heterocycles. The number of morpholine rings is 1. The lowest BCUT2D eigenvalue weighted by Gasteiger charge is -2.28. The molecule has 1 N–H and O–H groups in total. The van der Waals surface area contributed by atoms with E-state index in [0.29, 0.717) is 5.92 Å². The van der Waals surface area contributed by atoms with Gasteiger partial charge in [-0.25, -0.2) is 9.97 Å². The lowest BCUT2D eigenvalue weighted by molar-refractivity contribution is 0.122. The number of fused-ring (bicyclic) bond motifs is 1. The van der Waals surface area contributed by atoms with Crippen molar-refractivity contribution in [1.29, 1.82) is 0 Å². The number of rotatable bonds is 5. The van der Waals surface area contributed by atoms with Crippen LogP contribution >= 0.6 is 0 Å². The van der Waals surface area contributed by atoms with E-state index in [4.69, 9.17) is 4.74 Å². The Hall–Kier alpha value is -3.25. The molecular formula is C25H27N5O. The Morgan fingerprint density at radius 1 is 1.10 bits per heavy atom. The molecule has 0 unspecified atom stereocenters. The van der Waals surface area contributed by atoms with Gasteiger partial charge in [-0.15, -0.1) is 0 Å². The second kappa shape index (κ2) is 8.86. The first-order valence-corrected chi connectivity index (χ1v) is 10.9. The molecule has 1 aromatic carbocycles. The fraction of sp³-hybridized carbons (Fsp3) is 0.320. The zero-order chi connectivity index (χ0) is 21.0. The van der Waals surface area contributed by atoms with Crippen molar-refractivity contribution in [2.24, 2.45) is 4.99 Å². The van der Waals surface area contributed by atoms with Crippen molar-refractivity contribution in [3.05, 3.63) is 72.2 Å². The molecule has 0 aliphatic carbocycles. The van der Waals surface area contributed by atoms with Crippen LogP contribution in [0, 0.1) is 0 Å². The van der Waals surface area contributed by atoms with Crippen LogP contribution in [0.4, 0.5) is 11.6 Å². The van der Waals surface area contributed by atoms with Crippen molar-refractivity contribution in [3.8, 4) is 0 Å². The standard InChI is InChI=1S/C25H27N5O/c1-18-14-21(6-8-26-18)20-4-2-19(3-5-20)16-29-25-23-17-28-24(15-22(23)7-9-27-25)30-10-12-31-13-11-30/h2-9,15,17,21H,10-14,16H2,1H3,(H,27,29)/t21-/m0/s1. The van der Waals surface area contributed by atoms with Gasteiger partial charge in [-0.05, 0) is 42.0 Å². The molecule has 1 fully saturated rings. The van der Waals surface area contributed by atoms with Crippen molar-refractivity contribution in [2.45, 2.75) is 25.8 Å². The Labute approximate surface area is 182 Å². The van der Waals surface area contributed by atoms with Gasteiger partial charge < -0.3 is 15.0 Å². The van der Waals surface area contributed by atoms with E-state index in [9.17, 15) is 0 Å². The van der Waals surface area contributed by atoms with Gasteiger partial charge >= 0.3 is 0 Å². The lowest BCUT2D eigenvalue weighted by Crippen LogP contribution is -2.36. The molecule has 1 atom stereocenters. The fourth-order valence-corrected chi connectivity index (χ4v) is 4.17. The van der Waals surface area contributed by atoms with Crippen molar-refractivity contribution in [2.75, 3.05) is 36.5 Å². The van der Waals surface area contributed by atoms with Gasteiger partial charge in [0, 0.05) is 55.2 Å². The Kier molecular flexibility index (Phi) is 5.63. The van der Waals surface area contributed by atoms with Crippen molar-refractivity contribution in [1.82, 2.24) is 9.97 Å². The third kappa shape index (κ3) is 4.44. The van der Waals surface area contributed by atoms with Crippen LogP contribution in [-0.2, 0) is 11.3 Å². The predicted octanol–water partition coefficient (Wildman–Crippen LogP) is 4.54. The Morgan fingerprint density at radius 3 is 2.74 bits per heavy atom. The van der Waals surface area contributed by atoms with Gasteiger partial charge in [0.1, 0.15) is 11.6 Å². The summed E-state index contributed by atoms with van der Waals surface area (Å²) in [5, 5.41) is 5.68. The fourth-order valence-electron chi connectivity index (χ4n) is 4.17. The molecule has 158 valence electrons. The minimum absolute atomic E-state index is 0.422. The largest absolute Gasteiger partial charge is 0.378 e. The number of hydrogen-bond donors (Lipinski definition) is 1. The average molecular weight is 414 g/mol. The molecule has 0 spiro atoms. The SMILES string of the molecule is CC1=NC=C[C@H](c2ccc(CNc3nccc4cc(N5CCOCC5)ncc34)cc2)C1. The number of aromatic nitrogens is 2. The molecular weight excluding hydrogens is 386 g/mol.